The highest BCUT2D eigenvalue weighted by Gasteiger charge is 2.29. The number of anilines is 2. The number of rotatable bonds is 4. The SMILES string of the molecule is Cn1c(=O)cc(NCC2CN(c3ccc4nnc(C(C)(C)C)n4n3)C2)[nH]c1=O. The van der Waals surface area contributed by atoms with Crippen LogP contribution in [0.2, 0.25) is 0 Å². The molecule has 4 rings (SSSR count). The van der Waals surface area contributed by atoms with Crippen LogP contribution in [0.15, 0.2) is 27.8 Å². The van der Waals surface area contributed by atoms with Gasteiger partial charge >= 0.3 is 5.69 Å². The topological polar surface area (TPSA) is 113 Å². The Morgan fingerprint density at radius 3 is 2.64 bits per heavy atom. The molecule has 148 valence electrons. The van der Waals surface area contributed by atoms with Crippen LogP contribution in [0.1, 0.15) is 26.6 Å². The number of H-pyrrole nitrogens is 1. The minimum atomic E-state index is -0.425. The first-order valence-corrected chi connectivity index (χ1v) is 9.24. The Bertz CT molecular complexity index is 1100. The molecule has 0 amide bonds. The highest BCUT2D eigenvalue weighted by atomic mass is 16.2. The molecule has 1 aliphatic rings. The highest BCUT2D eigenvalue weighted by Crippen LogP contribution is 2.25. The van der Waals surface area contributed by atoms with Crippen molar-refractivity contribution in [3.8, 4) is 0 Å². The summed E-state index contributed by atoms with van der Waals surface area (Å²) in [4.78, 5) is 28.2. The van der Waals surface area contributed by atoms with Crippen molar-refractivity contribution < 1.29 is 0 Å². The fourth-order valence-electron chi connectivity index (χ4n) is 3.21. The van der Waals surface area contributed by atoms with E-state index in [1.807, 2.05) is 16.6 Å². The predicted molar refractivity (Wildman–Crippen MR) is 106 cm³/mol. The summed E-state index contributed by atoms with van der Waals surface area (Å²) in [7, 11) is 1.44. The maximum Gasteiger partial charge on any atom is 0.329 e. The molecule has 1 fully saturated rings. The van der Waals surface area contributed by atoms with Gasteiger partial charge in [-0.3, -0.25) is 14.3 Å². The molecule has 0 atom stereocenters. The number of fused-ring (bicyclic) bond motifs is 1. The number of aromatic nitrogens is 6. The van der Waals surface area contributed by atoms with Gasteiger partial charge in [-0.25, -0.2) is 4.79 Å². The van der Waals surface area contributed by atoms with Crippen LogP contribution in [0, 0.1) is 5.92 Å². The average molecular weight is 384 g/mol. The maximum absolute atomic E-state index is 11.7. The van der Waals surface area contributed by atoms with Gasteiger partial charge in [-0.1, -0.05) is 20.8 Å². The molecule has 0 unspecified atom stereocenters. The molecule has 0 aromatic carbocycles. The van der Waals surface area contributed by atoms with E-state index in [2.05, 4.69) is 46.2 Å². The van der Waals surface area contributed by atoms with Gasteiger partial charge in [-0.2, -0.15) is 4.52 Å². The first-order chi connectivity index (χ1) is 13.2. The number of aromatic amines is 1. The van der Waals surface area contributed by atoms with E-state index < -0.39 is 5.69 Å². The van der Waals surface area contributed by atoms with E-state index >= 15 is 0 Å². The molecule has 3 aromatic heterocycles. The summed E-state index contributed by atoms with van der Waals surface area (Å²) in [5.74, 6) is 2.56. The first-order valence-electron chi connectivity index (χ1n) is 9.24. The van der Waals surface area contributed by atoms with Crippen molar-refractivity contribution in [3.05, 3.63) is 44.9 Å². The normalized spacial score (nSPS) is 15.1. The number of nitrogens with one attached hydrogen (secondary N) is 2. The lowest BCUT2D eigenvalue weighted by Gasteiger charge is -2.40. The van der Waals surface area contributed by atoms with Crippen LogP contribution in [0.5, 0.6) is 0 Å². The number of hydrogen-bond acceptors (Lipinski definition) is 7. The van der Waals surface area contributed by atoms with E-state index in [1.165, 1.54) is 13.1 Å². The van der Waals surface area contributed by atoms with Crippen molar-refractivity contribution in [1.29, 1.82) is 0 Å². The van der Waals surface area contributed by atoms with Gasteiger partial charge in [0, 0.05) is 44.1 Å². The smallest absolute Gasteiger partial charge is 0.329 e. The Labute approximate surface area is 161 Å². The van der Waals surface area contributed by atoms with E-state index in [-0.39, 0.29) is 11.0 Å². The van der Waals surface area contributed by atoms with Gasteiger partial charge in [0.1, 0.15) is 11.6 Å². The third kappa shape index (κ3) is 3.25. The van der Waals surface area contributed by atoms with Crippen molar-refractivity contribution in [2.75, 3.05) is 29.9 Å². The van der Waals surface area contributed by atoms with E-state index in [0.29, 0.717) is 18.3 Å². The van der Waals surface area contributed by atoms with Gasteiger partial charge < -0.3 is 10.2 Å². The van der Waals surface area contributed by atoms with Crippen LogP contribution in [0.25, 0.3) is 5.65 Å². The molecule has 0 saturated carbocycles. The summed E-state index contributed by atoms with van der Waals surface area (Å²) >= 11 is 0. The summed E-state index contributed by atoms with van der Waals surface area (Å²) in [5, 5.41) is 16.3. The lowest BCUT2D eigenvalue weighted by atomic mass is 9.96. The molecule has 1 aliphatic heterocycles. The minimum Gasteiger partial charge on any atom is -0.371 e. The molecule has 3 aromatic rings. The number of hydrogen-bond donors (Lipinski definition) is 2. The molecule has 10 heteroatoms. The van der Waals surface area contributed by atoms with E-state index in [1.54, 1.807) is 0 Å². The van der Waals surface area contributed by atoms with E-state index in [9.17, 15) is 9.59 Å². The Kier molecular flexibility index (Phi) is 4.20. The zero-order chi connectivity index (χ0) is 20.1. The third-order valence-electron chi connectivity index (χ3n) is 4.93. The van der Waals surface area contributed by atoms with Gasteiger partial charge in [0.25, 0.3) is 5.56 Å². The molecule has 0 aliphatic carbocycles. The van der Waals surface area contributed by atoms with Gasteiger partial charge in [0.05, 0.1) is 0 Å². The second-order valence-electron chi connectivity index (χ2n) is 8.27. The Morgan fingerprint density at radius 1 is 1.21 bits per heavy atom. The Balaban J connectivity index is 1.41. The highest BCUT2D eigenvalue weighted by molar-refractivity contribution is 5.48. The summed E-state index contributed by atoms with van der Waals surface area (Å²) in [6, 6.07) is 5.28. The first kappa shape index (κ1) is 18.2. The molecule has 0 spiro atoms. The van der Waals surface area contributed by atoms with Crippen LogP contribution >= 0.6 is 0 Å². The van der Waals surface area contributed by atoms with E-state index in [4.69, 9.17) is 5.10 Å². The van der Waals surface area contributed by atoms with Crippen LogP contribution in [0.4, 0.5) is 11.6 Å². The summed E-state index contributed by atoms with van der Waals surface area (Å²) in [5.41, 5.74) is -0.160. The third-order valence-corrected chi connectivity index (χ3v) is 4.93. The summed E-state index contributed by atoms with van der Waals surface area (Å²) in [6.45, 7) is 8.61. The molecule has 10 nitrogen and oxygen atoms in total. The monoisotopic (exact) mass is 384 g/mol. The Hall–Kier alpha value is -3.17. The summed E-state index contributed by atoms with van der Waals surface area (Å²) in [6.07, 6.45) is 0. The second-order valence-corrected chi connectivity index (χ2v) is 8.27. The maximum atomic E-state index is 11.7. The molecular weight excluding hydrogens is 360 g/mol. The van der Waals surface area contributed by atoms with Gasteiger partial charge in [-0.05, 0) is 12.1 Å². The Morgan fingerprint density at radius 2 is 1.96 bits per heavy atom. The lowest BCUT2D eigenvalue weighted by molar-refractivity contribution is 0.423. The van der Waals surface area contributed by atoms with Crippen molar-refractivity contribution in [3.63, 3.8) is 0 Å². The van der Waals surface area contributed by atoms with Gasteiger partial charge in [-0.15, -0.1) is 15.3 Å². The van der Waals surface area contributed by atoms with E-state index in [0.717, 1.165) is 34.9 Å². The van der Waals surface area contributed by atoms with Gasteiger partial charge in [0.15, 0.2) is 11.5 Å². The number of nitrogens with zero attached hydrogens (tertiary/aromatic N) is 6. The molecule has 28 heavy (non-hydrogen) atoms. The molecule has 4 heterocycles. The van der Waals surface area contributed by atoms with Crippen molar-refractivity contribution in [2.45, 2.75) is 26.2 Å². The predicted octanol–water partition coefficient (Wildman–Crippen LogP) is 0.357. The van der Waals surface area contributed by atoms with Gasteiger partial charge in [0.2, 0.25) is 0 Å². The quantitative estimate of drug-likeness (QED) is 0.667. The fraction of sp³-hybridized carbons (Fsp3) is 0.500. The molecule has 0 radical (unpaired) electrons. The molecular formula is C18H24N8O2. The second kappa shape index (κ2) is 6.47. The standard InChI is InChI=1S/C18H24N8O2/c1-18(2,3)16-22-21-13-5-6-14(23-26(13)16)25-9-11(10-25)8-19-12-7-15(27)24(4)17(28)20-12/h5-7,11,19H,8-10H2,1-4H3,(H,20,28). The summed E-state index contributed by atoms with van der Waals surface area (Å²) < 4.78 is 2.85. The average Bonchev–Trinajstić information content (AvgIpc) is 3.01. The van der Waals surface area contributed by atoms with Crippen LogP contribution in [-0.2, 0) is 12.5 Å². The zero-order valence-electron chi connectivity index (χ0n) is 16.4. The zero-order valence-corrected chi connectivity index (χ0v) is 16.4. The van der Waals surface area contributed by atoms with Crippen molar-refractivity contribution in [2.24, 2.45) is 13.0 Å². The fourth-order valence-corrected chi connectivity index (χ4v) is 3.21. The van der Waals surface area contributed by atoms with Crippen LogP contribution in [-0.4, -0.2) is 49.0 Å². The van der Waals surface area contributed by atoms with Crippen molar-refractivity contribution in [1.82, 2.24) is 29.4 Å². The lowest BCUT2D eigenvalue weighted by Crippen LogP contribution is -2.50. The van der Waals surface area contributed by atoms with Crippen LogP contribution in [0.3, 0.4) is 0 Å². The molecule has 2 N–H and O–H groups in total. The molecule has 0 bridgehead atoms. The van der Waals surface area contributed by atoms with Crippen LogP contribution < -0.4 is 21.5 Å². The largest absolute Gasteiger partial charge is 0.371 e. The molecule has 1 saturated heterocycles. The van der Waals surface area contributed by atoms with Crippen molar-refractivity contribution >= 4 is 17.3 Å². The minimum absolute atomic E-state index is 0.143.